The molecule has 3 aromatic rings. The summed E-state index contributed by atoms with van der Waals surface area (Å²) in [5.74, 6) is 1.40. The molecule has 2 heterocycles. The number of nitrogens with one attached hydrogen (secondary N) is 1. The van der Waals surface area contributed by atoms with Crippen LogP contribution in [-0.4, -0.2) is 16.1 Å². The van der Waals surface area contributed by atoms with Gasteiger partial charge in [0.2, 0.25) is 11.0 Å². The minimum Gasteiger partial charge on any atom is -0.469 e. The third-order valence-electron chi connectivity index (χ3n) is 3.28. The lowest BCUT2D eigenvalue weighted by Crippen LogP contribution is -2.11. The van der Waals surface area contributed by atoms with E-state index in [4.69, 9.17) is 9.68 Å². The van der Waals surface area contributed by atoms with Crippen molar-refractivity contribution >= 4 is 34.1 Å². The Labute approximate surface area is 152 Å². The summed E-state index contributed by atoms with van der Waals surface area (Å²) in [4.78, 5) is 11.9. The van der Waals surface area contributed by atoms with Gasteiger partial charge >= 0.3 is 0 Å². The zero-order valence-electron chi connectivity index (χ0n) is 13.1. The number of hydrogen-bond donors (Lipinski definition) is 1. The monoisotopic (exact) mass is 370 g/mol. The highest BCUT2D eigenvalue weighted by Crippen LogP contribution is 2.28. The number of benzene rings is 1. The molecule has 0 spiro atoms. The number of amides is 1. The Hall–Kier alpha value is -2.63. The first-order chi connectivity index (χ1) is 12.2. The summed E-state index contributed by atoms with van der Waals surface area (Å²) in [5.41, 5.74) is 1.74. The van der Waals surface area contributed by atoms with Crippen molar-refractivity contribution in [2.45, 2.75) is 22.9 Å². The first-order valence-electron chi connectivity index (χ1n) is 7.50. The van der Waals surface area contributed by atoms with Gasteiger partial charge < -0.3 is 9.73 Å². The average molecular weight is 370 g/mol. The molecule has 1 aromatic carbocycles. The zero-order chi connectivity index (χ0) is 17.5. The van der Waals surface area contributed by atoms with Crippen LogP contribution in [0.15, 0.2) is 51.4 Å². The maximum absolute atomic E-state index is 11.9. The quantitative estimate of drug-likeness (QED) is 0.501. The average Bonchev–Trinajstić information content (AvgIpc) is 3.30. The highest BCUT2D eigenvalue weighted by atomic mass is 32.2. The van der Waals surface area contributed by atoms with E-state index < -0.39 is 0 Å². The van der Waals surface area contributed by atoms with E-state index in [1.807, 2.05) is 18.2 Å². The summed E-state index contributed by atoms with van der Waals surface area (Å²) in [6, 6.07) is 13.2. The van der Waals surface area contributed by atoms with Gasteiger partial charge in [-0.25, -0.2) is 0 Å². The highest BCUT2D eigenvalue weighted by molar-refractivity contribution is 8.00. The van der Waals surface area contributed by atoms with E-state index in [9.17, 15) is 4.79 Å². The summed E-state index contributed by atoms with van der Waals surface area (Å²) in [6.45, 7) is 0. The number of carbonyl (C=O) groups excluding carboxylic acids is 1. The van der Waals surface area contributed by atoms with Gasteiger partial charge in [0.05, 0.1) is 17.9 Å². The van der Waals surface area contributed by atoms with Crippen molar-refractivity contribution in [1.29, 1.82) is 5.26 Å². The predicted molar refractivity (Wildman–Crippen MR) is 96.3 cm³/mol. The molecule has 0 fully saturated rings. The van der Waals surface area contributed by atoms with Crippen molar-refractivity contribution in [1.82, 2.24) is 10.2 Å². The van der Waals surface area contributed by atoms with Gasteiger partial charge in [-0.15, -0.1) is 10.2 Å². The van der Waals surface area contributed by atoms with E-state index in [1.54, 1.807) is 36.2 Å². The van der Waals surface area contributed by atoms with E-state index in [2.05, 4.69) is 21.6 Å². The topological polar surface area (TPSA) is 91.8 Å². The molecule has 0 atom stereocenters. The lowest BCUT2D eigenvalue weighted by Gasteiger charge is -1.99. The molecule has 2 aromatic heterocycles. The Bertz CT molecular complexity index is 867. The fourth-order valence-electron chi connectivity index (χ4n) is 2.01. The van der Waals surface area contributed by atoms with Gasteiger partial charge in [0.15, 0.2) is 4.34 Å². The summed E-state index contributed by atoms with van der Waals surface area (Å²) in [6.07, 6.45) is 2.48. The van der Waals surface area contributed by atoms with Crippen LogP contribution >= 0.6 is 23.1 Å². The van der Waals surface area contributed by atoms with Gasteiger partial charge in [0.1, 0.15) is 5.76 Å². The van der Waals surface area contributed by atoms with E-state index in [0.717, 1.165) is 21.4 Å². The van der Waals surface area contributed by atoms with Crippen LogP contribution in [0.25, 0.3) is 0 Å². The highest BCUT2D eigenvalue weighted by Gasteiger charge is 2.10. The summed E-state index contributed by atoms with van der Waals surface area (Å²) in [5, 5.41) is 20.1. The molecule has 3 rings (SSSR count). The molecule has 0 aliphatic heterocycles. The Morgan fingerprint density at radius 2 is 2.12 bits per heavy atom. The second-order valence-electron chi connectivity index (χ2n) is 5.10. The minimum absolute atomic E-state index is 0.115. The molecule has 0 saturated heterocycles. The first kappa shape index (κ1) is 17.2. The largest absolute Gasteiger partial charge is 0.469 e. The second kappa shape index (κ2) is 8.46. The number of furan rings is 1. The van der Waals surface area contributed by atoms with Gasteiger partial charge in [-0.05, 0) is 29.8 Å². The molecule has 6 nitrogen and oxygen atoms in total. The number of aromatic nitrogens is 2. The van der Waals surface area contributed by atoms with Crippen LogP contribution in [0.1, 0.15) is 23.3 Å². The fraction of sp³-hybridized carbons (Fsp3) is 0.176. The molecule has 1 amide bonds. The van der Waals surface area contributed by atoms with Crippen molar-refractivity contribution in [3.8, 4) is 6.07 Å². The van der Waals surface area contributed by atoms with Gasteiger partial charge in [-0.3, -0.25) is 4.79 Å². The molecular weight excluding hydrogens is 356 g/mol. The molecule has 126 valence electrons. The number of hydrogen-bond acceptors (Lipinski definition) is 7. The minimum atomic E-state index is -0.115. The third kappa shape index (κ3) is 5.17. The maximum atomic E-state index is 11.9. The molecule has 8 heteroatoms. The lowest BCUT2D eigenvalue weighted by molar-refractivity contribution is -0.116. The summed E-state index contributed by atoms with van der Waals surface area (Å²) < 4.78 is 5.98. The molecule has 0 unspecified atom stereocenters. The first-order valence-corrected chi connectivity index (χ1v) is 9.31. The molecule has 0 aliphatic carbocycles. The van der Waals surface area contributed by atoms with Crippen LogP contribution in [0.2, 0.25) is 0 Å². The summed E-state index contributed by atoms with van der Waals surface area (Å²) in [7, 11) is 0. The Kier molecular flexibility index (Phi) is 5.82. The number of nitriles is 1. The van der Waals surface area contributed by atoms with Crippen LogP contribution in [-0.2, 0) is 17.0 Å². The zero-order valence-corrected chi connectivity index (χ0v) is 14.8. The predicted octanol–water partition coefficient (Wildman–Crippen LogP) is 3.87. The van der Waals surface area contributed by atoms with Crippen molar-refractivity contribution in [2.24, 2.45) is 0 Å². The second-order valence-corrected chi connectivity index (χ2v) is 7.30. The molecule has 0 saturated carbocycles. The fourth-order valence-corrected chi connectivity index (χ4v) is 3.74. The van der Waals surface area contributed by atoms with Crippen molar-refractivity contribution in [3.63, 3.8) is 0 Å². The van der Waals surface area contributed by atoms with E-state index in [-0.39, 0.29) is 5.91 Å². The normalized spacial score (nSPS) is 10.4. The van der Waals surface area contributed by atoms with Crippen molar-refractivity contribution in [2.75, 3.05) is 5.32 Å². The maximum Gasteiger partial charge on any atom is 0.226 e. The van der Waals surface area contributed by atoms with E-state index >= 15 is 0 Å². The van der Waals surface area contributed by atoms with Crippen LogP contribution in [0.4, 0.5) is 5.13 Å². The van der Waals surface area contributed by atoms with Gasteiger partial charge in [-0.2, -0.15) is 5.26 Å². The Morgan fingerprint density at radius 3 is 2.84 bits per heavy atom. The SMILES string of the molecule is N#Cc1ccc(CSc2nnc(NC(=O)CCc3ccco3)s2)cc1. The molecule has 0 radical (unpaired) electrons. The third-order valence-corrected chi connectivity index (χ3v) is 5.32. The van der Waals surface area contributed by atoms with Crippen LogP contribution in [0.3, 0.4) is 0 Å². The van der Waals surface area contributed by atoms with Gasteiger partial charge in [-0.1, -0.05) is 35.2 Å². The number of anilines is 1. The molecule has 0 bridgehead atoms. The molecule has 0 aliphatic rings. The standard InChI is InChI=1S/C17H14N4O2S2/c18-10-12-3-5-13(6-4-12)11-24-17-21-20-16(25-17)19-15(22)8-7-14-2-1-9-23-14/h1-6,9H,7-8,11H2,(H,19,20,22). The van der Waals surface area contributed by atoms with Gasteiger partial charge in [0.25, 0.3) is 0 Å². The van der Waals surface area contributed by atoms with Crippen molar-refractivity contribution < 1.29 is 9.21 Å². The van der Waals surface area contributed by atoms with Crippen LogP contribution in [0.5, 0.6) is 0 Å². The lowest BCUT2D eigenvalue weighted by atomic mass is 10.2. The molecule has 1 N–H and O–H groups in total. The van der Waals surface area contributed by atoms with Gasteiger partial charge in [0, 0.05) is 18.6 Å². The number of aryl methyl sites for hydroxylation is 1. The Morgan fingerprint density at radius 1 is 1.28 bits per heavy atom. The van der Waals surface area contributed by atoms with Crippen molar-refractivity contribution in [3.05, 3.63) is 59.5 Å². The van der Waals surface area contributed by atoms with E-state index in [0.29, 0.717) is 23.5 Å². The van der Waals surface area contributed by atoms with Crippen LogP contribution < -0.4 is 5.32 Å². The van der Waals surface area contributed by atoms with E-state index in [1.165, 1.54) is 11.3 Å². The summed E-state index contributed by atoms with van der Waals surface area (Å²) >= 11 is 2.89. The number of thioether (sulfide) groups is 1. The number of rotatable bonds is 7. The Balaban J connectivity index is 1.46. The number of carbonyl (C=O) groups is 1. The smallest absolute Gasteiger partial charge is 0.226 e. The number of nitrogens with zero attached hydrogens (tertiary/aromatic N) is 3. The van der Waals surface area contributed by atoms with Crippen LogP contribution in [0, 0.1) is 11.3 Å². The molecule has 25 heavy (non-hydrogen) atoms. The molecular formula is C17H14N4O2S2.